The lowest BCUT2D eigenvalue weighted by Gasteiger charge is -2.66. The van der Waals surface area contributed by atoms with E-state index in [2.05, 4.69) is 41.5 Å². The van der Waals surface area contributed by atoms with Crippen molar-refractivity contribution in [2.24, 2.45) is 39.9 Å². The fourth-order valence-corrected chi connectivity index (χ4v) is 8.00. The molecule has 0 unspecified atom stereocenters. The van der Waals surface area contributed by atoms with E-state index in [0.717, 1.165) is 23.7 Å². The molecule has 0 nitrogen and oxygen atoms in total. The molecule has 3 rings (SSSR count). The molecule has 0 saturated heterocycles. The molecule has 0 N–H and O–H groups in total. The zero-order valence-corrected chi connectivity index (χ0v) is 16.2. The van der Waals surface area contributed by atoms with E-state index >= 15 is 0 Å². The predicted molar refractivity (Wildman–Crippen MR) is 96.9 cm³/mol. The zero-order valence-electron chi connectivity index (χ0n) is 16.2. The molecule has 0 bridgehead atoms. The van der Waals surface area contributed by atoms with Crippen molar-refractivity contribution in [3.05, 3.63) is 0 Å². The van der Waals surface area contributed by atoms with Crippen molar-refractivity contribution in [2.75, 3.05) is 0 Å². The summed E-state index contributed by atoms with van der Waals surface area (Å²) in [4.78, 5) is 0. The molecule has 0 radical (unpaired) electrons. The standard InChI is InChI=1S/C22H40/c1-7-9-17-16(2)10-11-19-21(17,5)15-12-18-20(3,4)13-8-14-22(18,19)6/h16-19H,7-15H2,1-6H3/t16-,17-,18+,19+,21+,22+/m1/s1. The molecule has 0 aromatic rings. The fraction of sp³-hybridized carbons (Fsp3) is 1.00. The third-order valence-corrected chi connectivity index (χ3v) is 8.88. The van der Waals surface area contributed by atoms with Gasteiger partial charge in [-0.2, -0.15) is 0 Å². The monoisotopic (exact) mass is 304 g/mol. The quantitative estimate of drug-likeness (QED) is 0.511. The van der Waals surface area contributed by atoms with Gasteiger partial charge in [-0.15, -0.1) is 0 Å². The normalized spacial score (nSPS) is 51.0. The summed E-state index contributed by atoms with van der Waals surface area (Å²) in [5, 5.41) is 0. The minimum atomic E-state index is 0.581. The third kappa shape index (κ3) is 2.30. The Labute approximate surface area is 139 Å². The molecular formula is C22H40. The van der Waals surface area contributed by atoms with Gasteiger partial charge in [-0.3, -0.25) is 0 Å². The largest absolute Gasteiger partial charge is 0.0654 e. The summed E-state index contributed by atoms with van der Waals surface area (Å²) >= 11 is 0. The Morgan fingerprint density at radius 2 is 1.55 bits per heavy atom. The lowest BCUT2D eigenvalue weighted by atomic mass is 9.38. The van der Waals surface area contributed by atoms with E-state index in [1.807, 2.05) is 0 Å². The van der Waals surface area contributed by atoms with E-state index in [1.54, 1.807) is 0 Å². The molecule has 0 heteroatoms. The molecule has 6 atom stereocenters. The van der Waals surface area contributed by atoms with Gasteiger partial charge in [0, 0.05) is 0 Å². The number of fused-ring (bicyclic) bond motifs is 3. The Hall–Kier alpha value is 0. The first-order valence-corrected chi connectivity index (χ1v) is 10.3. The first-order chi connectivity index (χ1) is 10.3. The van der Waals surface area contributed by atoms with Crippen LogP contribution in [0.1, 0.15) is 99.3 Å². The minimum absolute atomic E-state index is 0.581. The molecule has 0 heterocycles. The molecule has 0 aromatic heterocycles. The highest BCUT2D eigenvalue weighted by Crippen LogP contribution is 2.69. The lowest BCUT2D eigenvalue weighted by molar-refractivity contribution is -0.174. The van der Waals surface area contributed by atoms with Gasteiger partial charge in [0.25, 0.3) is 0 Å². The molecule has 3 aliphatic rings. The van der Waals surface area contributed by atoms with Crippen LogP contribution in [0.5, 0.6) is 0 Å². The minimum Gasteiger partial charge on any atom is -0.0654 e. The highest BCUT2D eigenvalue weighted by molar-refractivity contribution is 5.10. The maximum atomic E-state index is 2.71. The van der Waals surface area contributed by atoms with Gasteiger partial charge < -0.3 is 0 Å². The van der Waals surface area contributed by atoms with Gasteiger partial charge in [-0.25, -0.2) is 0 Å². The smallest absolute Gasteiger partial charge is 0.0259 e. The van der Waals surface area contributed by atoms with E-state index in [9.17, 15) is 0 Å². The first kappa shape index (κ1) is 16.8. The summed E-state index contributed by atoms with van der Waals surface area (Å²) in [5.74, 6) is 3.91. The fourth-order valence-electron chi connectivity index (χ4n) is 8.00. The summed E-state index contributed by atoms with van der Waals surface area (Å²) in [6, 6.07) is 0. The Morgan fingerprint density at radius 1 is 0.818 bits per heavy atom. The summed E-state index contributed by atoms with van der Waals surface area (Å²) in [6.45, 7) is 15.5. The van der Waals surface area contributed by atoms with E-state index in [0.29, 0.717) is 16.2 Å². The number of rotatable bonds is 2. The molecule has 22 heavy (non-hydrogen) atoms. The van der Waals surface area contributed by atoms with Crippen LogP contribution in [0.15, 0.2) is 0 Å². The van der Waals surface area contributed by atoms with Crippen molar-refractivity contribution >= 4 is 0 Å². The second-order valence-corrected chi connectivity index (χ2v) is 10.4. The molecule has 3 aliphatic carbocycles. The number of hydrogen-bond acceptors (Lipinski definition) is 0. The Kier molecular flexibility index (Phi) is 4.23. The zero-order chi connectivity index (χ0) is 16.2. The van der Waals surface area contributed by atoms with E-state index in [4.69, 9.17) is 0 Å². The Bertz CT molecular complexity index is 408. The van der Waals surface area contributed by atoms with Gasteiger partial charge in [-0.05, 0) is 78.4 Å². The van der Waals surface area contributed by atoms with E-state index in [1.165, 1.54) is 57.8 Å². The molecule has 0 spiro atoms. The lowest BCUT2D eigenvalue weighted by Crippen LogP contribution is -2.59. The maximum absolute atomic E-state index is 2.71. The van der Waals surface area contributed by atoms with Crippen LogP contribution in [0.3, 0.4) is 0 Å². The highest BCUT2D eigenvalue weighted by atomic mass is 14.7. The van der Waals surface area contributed by atoms with E-state index < -0.39 is 0 Å². The van der Waals surface area contributed by atoms with Gasteiger partial charge in [0.05, 0.1) is 0 Å². The average molecular weight is 305 g/mol. The molecule has 128 valence electrons. The Morgan fingerprint density at radius 3 is 2.23 bits per heavy atom. The van der Waals surface area contributed by atoms with Crippen LogP contribution >= 0.6 is 0 Å². The Balaban J connectivity index is 1.96. The molecule has 0 amide bonds. The first-order valence-electron chi connectivity index (χ1n) is 10.3. The summed E-state index contributed by atoms with van der Waals surface area (Å²) in [5.41, 5.74) is 1.84. The van der Waals surface area contributed by atoms with Gasteiger partial charge in [0.15, 0.2) is 0 Å². The van der Waals surface area contributed by atoms with Gasteiger partial charge in [-0.1, -0.05) is 60.8 Å². The highest BCUT2D eigenvalue weighted by Gasteiger charge is 2.61. The second-order valence-electron chi connectivity index (χ2n) is 10.4. The second kappa shape index (κ2) is 5.52. The van der Waals surface area contributed by atoms with Crippen molar-refractivity contribution in [1.82, 2.24) is 0 Å². The van der Waals surface area contributed by atoms with Gasteiger partial charge in [0.1, 0.15) is 0 Å². The summed E-state index contributed by atoms with van der Waals surface area (Å²) in [7, 11) is 0. The van der Waals surface area contributed by atoms with Crippen LogP contribution in [0.4, 0.5) is 0 Å². The van der Waals surface area contributed by atoms with Crippen molar-refractivity contribution in [2.45, 2.75) is 99.3 Å². The van der Waals surface area contributed by atoms with Crippen LogP contribution in [0.25, 0.3) is 0 Å². The van der Waals surface area contributed by atoms with Crippen molar-refractivity contribution in [3.8, 4) is 0 Å². The van der Waals surface area contributed by atoms with Crippen molar-refractivity contribution in [1.29, 1.82) is 0 Å². The predicted octanol–water partition coefficient (Wildman–Crippen LogP) is 7.08. The van der Waals surface area contributed by atoms with Gasteiger partial charge >= 0.3 is 0 Å². The SMILES string of the molecule is CCC[C@@H]1[C@H](C)CC[C@H]2[C@@]1(C)CC[C@H]1C(C)(C)CCC[C@]21C. The van der Waals surface area contributed by atoms with Crippen molar-refractivity contribution in [3.63, 3.8) is 0 Å². The summed E-state index contributed by atoms with van der Waals surface area (Å²) < 4.78 is 0. The topological polar surface area (TPSA) is 0 Å². The molecule has 0 aliphatic heterocycles. The van der Waals surface area contributed by atoms with Crippen molar-refractivity contribution < 1.29 is 0 Å². The molecule has 0 aromatic carbocycles. The average Bonchev–Trinajstić information content (AvgIpc) is 2.41. The van der Waals surface area contributed by atoms with Crippen LogP contribution in [0.2, 0.25) is 0 Å². The van der Waals surface area contributed by atoms with Crippen LogP contribution in [-0.2, 0) is 0 Å². The molecular weight excluding hydrogens is 264 g/mol. The van der Waals surface area contributed by atoms with Crippen LogP contribution in [-0.4, -0.2) is 0 Å². The molecule has 3 saturated carbocycles. The molecule has 3 fully saturated rings. The van der Waals surface area contributed by atoms with E-state index in [-0.39, 0.29) is 0 Å². The van der Waals surface area contributed by atoms with Gasteiger partial charge in [0.2, 0.25) is 0 Å². The van der Waals surface area contributed by atoms with Crippen LogP contribution < -0.4 is 0 Å². The summed E-state index contributed by atoms with van der Waals surface area (Å²) in [6.07, 6.45) is 13.3. The third-order valence-electron chi connectivity index (χ3n) is 8.88. The van der Waals surface area contributed by atoms with Crippen LogP contribution in [0, 0.1) is 39.9 Å². The number of hydrogen-bond donors (Lipinski definition) is 0. The maximum Gasteiger partial charge on any atom is -0.0259 e.